The van der Waals surface area contributed by atoms with Crippen LogP contribution in [0.25, 0.3) is 0 Å². The van der Waals surface area contributed by atoms with Crippen molar-refractivity contribution in [3.05, 3.63) is 23.9 Å². The zero-order valence-corrected chi connectivity index (χ0v) is 8.73. The number of aromatic nitrogens is 1. The third-order valence-electron chi connectivity index (χ3n) is 1.48. The van der Waals surface area contributed by atoms with Gasteiger partial charge in [0.25, 0.3) is 0 Å². The van der Waals surface area contributed by atoms with Gasteiger partial charge in [-0.05, 0) is 12.1 Å². The maximum atomic E-state index is 11.2. The smallest absolute Gasteiger partial charge is 0.354 e. The molecule has 1 aromatic heterocycles. The highest BCUT2D eigenvalue weighted by molar-refractivity contribution is 7.92. The molecule has 0 spiro atoms. The van der Waals surface area contributed by atoms with Crippen molar-refractivity contribution in [1.82, 2.24) is 4.98 Å². The molecule has 8 heteroatoms. The topological polar surface area (TPSA) is 120 Å². The first kappa shape index (κ1) is 11.9. The molecular weight excluding hydrogens is 234 g/mol. The second kappa shape index (κ2) is 4.59. The quantitative estimate of drug-likeness (QED) is 0.768. The van der Waals surface area contributed by atoms with E-state index in [1.165, 1.54) is 24.3 Å². The molecule has 0 aromatic carbocycles. The number of anilines is 1. The molecule has 0 unspecified atom stereocenters. The third-order valence-corrected chi connectivity index (χ3v) is 2.51. The summed E-state index contributed by atoms with van der Waals surface area (Å²) in [7, 11) is -3.79. The minimum atomic E-state index is -3.79. The van der Waals surface area contributed by atoms with E-state index < -0.39 is 21.7 Å². The molecule has 84 valence electrons. The Hall–Kier alpha value is -2.14. The number of hydrogen-bond donors (Lipinski definition) is 2. The maximum Gasteiger partial charge on any atom is 0.354 e. The number of nitriles is 1. The molecule has 0 saturated carbocycles. The van der Waals surface area contributed by atoms with Crippen LogP contribution in [0.2, 0.25) is 0 Å². The van der Waals surface area contributed by atoms with Gasteiger partial charge in [0.15, 0.2) is 11.4 Å². The van der Waals surface area contributed by atoms with Crippen LogP contribution in [0.5, 0.6) is 0 Å². The molecule has 16 heavy (non-hydrogen) atoms. The fourth-order valence-electron chi connectivity index (χ4n) is 0.891. The van der Waals surface area contributed by atoms with Crippen LogP contribution in [-0.2, 0) is 10.0 Å². The number of aromatic carboxylic acids is 1. The average molecular weight is 241 g/mol. The Morgan fingerprint density at radius 3 is 2.81 bits per heavy atom. The second-order valence-corrected chi connectivity index (χ2v) is 4.45. The maximum absolute atomic E-state index is 11.2. The first-order valence-electron chi connectivity index (χ1n) is 4.02. The summed E-state index contributed by atoms with van der Waals surface area (Å²) in [6.45, 7) is 0. The van der Waals surface area contributed by atoms with E-state index in [1.54, 1.807) is 0 Å². The fourth-order valence-corrected chi connectivity index (χ4v) is 1.57. The van der Waals surface area contributed by atoms with Crippen LogP contribution in [0.1, 0.15) is 10.5 Å². The van der Waals surface area contributed by atoms with Gasteiger partial charge in [-0.3, -0.25) is 4.72 Å². The predicted molar refractivity (Wildman–Crippen MR) is 54.2 cm³/mol. The van der Waals surface area contributed by atoms with E-state index in [0.29, 0.717) is 0 Å². The highest BCUT2D eigenvalue weighted by Crippen LogP contribution is 2.07. The van der Waals surface area contributed by atoms with Gasteiger partial charge < -0.3 is 5.11 Å². The average Bonchev–Trinajstić information content (AvgIpc) is 2.17. The van der Waals surface area contributed by atoms with Crippen molar-refractivity contribution in [3.8, 4) is 6.07 Å². The molecule has 0 aliphatic carbocycles. The zero-order valence-electron chi connectivity index (χ0n) is 7.91. The first-order valence-corrected chi connectivity index (χ1v) is 5.67. The van der Waals surface area contributed by atoms with E-state index in [1.807, 2.05) is 4.72 Å². The molecule has 1 heterocycles. The Kier molecular flexibility index (Phi) is 3.42. The van der Waals surface area contributed by atoms with E-state index in [2.05, 4.69) is 4.98 Å². The van der Waals surface area contributed by atoms with Gasteiger partial charge in [0.1, 0.15) is 5.82 Å². The second-order valence-electron chi connectivity index (χ2n) is 2.73. The molecule has 0 aliphatic rings. The van der Waals surface area contributed by atoms with Crippen molar-refractivity contribution >= 4 is 21.8 Å². The molecule has 1 rings (SSSR count). The number of carbonyl (C=O) groups is 1. The summed E-state index contributed by atoms with van der Waals surface area (Å²) in [4.78, 5) is 14.1. The highest BCUT2D eigenvalue weighted by atomic mass is 32.2. The molecule has 7 nitrogen and oxygen atoms in total. The number of rotatable bonds is 4. The lowest BCUT2D eigenvalue weighted by Crippen LogP contribution is -2.17. The lowest BCUT2D eigenvalue weighted by Gasteiger charge is -2.04. The van der Waals surface area contributed by atoms with Gasteiger partial charge in [-0.1, -0.05) is 6.07 Å². The summed E-state index contributed by atoms with van der Waals surface area (Å²) < 4.78 is 24.3. The van der Waals surface area contributed by atoms with Gasteiger partial charge >= 0.3 is 5.97 Å². The van der Waals surface area contributed by atoms with Crippen LogP contribution >= 0.6 is 0 Å². The standard InChI is InChI=1S/C8H7N3O4S/c9-4-5-16(14,15)11-7-3-1-2-6(10-7)8(12)13/h1-3H,5H2,(H,10,11)(H,12,13). The van der Waals surface area contributed by atoms with Crippen LogP contribution in [0.4, 0.5) is 5.82 Å². The van der Waals surface area contributed by atoms with Crippen LogP contribution < -0.4 is 4.72 Å². The van der Waals surface area contributed by atoms with E-state index in [4.69, 9.17) is 10.4 Å². The Balaban J connectivity index is 2.95. The summed E-state index contributed by atoms with van der Waals surface area (Å²) >= 11 is 0. The van der Waals surface area contributed by atoms with Crippen molar-refractivity contribution < 1.29 is 18.3 Å². The number of carboxylic acids is 1. The molecule has 0 bridgehead atoms. The molecule has 0 amide bonds. The lowest BCUT2D eigenvalue weighted by molar-refractivity contribution is 0.0690. The molecule has 0 radical (unpaired) electrons. The van der Waals surface area contributed by atoms with Crippen molar-refractivity contribution in [2.24, 2.45) is 0 Å². The third kappa shape index (κ3) is 3.21. The normalized spacial score (nSPS) is 10.4. The minimum absolute atomic E-state index is 0.129. The first-order chi connectivity index (χ1) is 7.44. The van der Waals surface area contributed by atoms with Crippen molar-refractivity contribution in [1.29, 1.82) is 5.26 Å². The summed E-state index contributed by atoms with van der Waals surface area (Å²) in [5.41, 5.74) is -0.280. The van der Waals surface area contributed by atoms with Gasteiger partial charge in [0, 0.05) is 0 Å². The summed E-state index contributed by atoms with van der Waals surface area (Å²) in [6, 6.07) is 5.34. The predicted octanol–water partition coefficient (Wildman–Crippen LogP) is 0.0451. The molecule has 0 atom stereocenters. The number of carboxylic acid groups (broad SMARTS) is 1. The van der Waals surface area contributed by atoms with Crippen LogP contribution in [0, 0.1) is 11.3 Å². The highest BCUT2D eigenvalue weighted by Gasteiger charge is 2.12. The lowest BCUT2D eigenvalue weighted by atomic mass is 10.3. The molecule has 0 fully saturated rings. The summed E-state index contributed by atoms with van der Waals surface area (Å²) in [5, 5.41) is 16.9. The number of nitrogens with one attached hydrogen (secondary N) is 1. The van der Waals surface area contributed by atoms with Gasteiger partial charge in [-0.25, -0.2) is 18.2 Å². The van der Waals surface area contributed by atoms with Gasteiger partial charge in [0.2, 0.25) is 10.0 Å². The number of sulfonamides is 1. The van der Waals surface area contributed by atoms with E-state index in [9.17, 15) is 13.2 Å². The minimum Gasteiger partial charge on any atom is -0.477 e. The van der Waals surface area contributed by atoms with E-state index in [0.717, 1.165) is 0 Å². The van der Waals surface area contributed by atoms with Crippen molar-refractivity contribution in [2.45, 2.75) is 0 Å². The monoisotopic (exact) mass is 241 g/mol. The van der Waals surface area contributed by atoms with Crippen molar-refractivity contribution in [3.63, 3.8) is 0 Å². The van der Waals surface area contributed by atoms with E-state index in [-0.39, 0.29) is 11.5 Å². The van der Waals surface area contributed by atoms with Crippen LogP contribution in [-0.4, -0.2) is 30.2 Å². The van der Waals surface area contributed by atoms with Crippen molar-refractivity contribution in [2.75, 3.05) is 10.5 Å². The Bertz CT molecular complexity index is 547. The Labute approximate surface area is 91.4 Å². The largest absolute Gasteiger partial charge is 0.477 e. The number of pyridine rings is 1. The van der Waals surface area contributed by atoms with Gasteiger partial charge in [-0.2, -0.15) is 5.26 Å². The zero-order chi connectivity index (χ0) is 12.2. The summed E-state index contributed by atoms with van der Waals surface area (Å²) in [6.07, 6.45) is 0. The molecular formula is C8H7N3O4S. The van der Waals surface area contributed by atoms with Crippen LogP contribution in [0.3, 0.4) is 0 Å². The van der Waals surface area contributed by atoms with Gasteiger partial charge in [0.05, 0.1) is 6.07 Å². The molecule has 1 aromatic rings. The number of hydrogen-bond acceptors (Lipinski definition) is 5. The van der Waals surface area contributed by atoms with Gasteiger partial charge in [-0.15, -0.1) is 0 Å². The molecule has 0 aliphatic heterocycles. The Morgan fingerprint density at radius 1 is 1.56 bits per heavy atom. The SMILES string of the molecule is N#CCS(=O)(=O)Nc1cccc(C(=O)O)n1. The number of nitrogens with zero attached hydrogens (tertiary/aromatic N) is 2. The van der Waals surface area contributed by atoms with E-state index >= 15 is 0 Å². The Morgan fingerprint density at radius 2 is 2.25 bits per heavy atom. The van der Waals surface area contributed by atoms with Crippen LogP contribution in [0.15, 0.2) is 18.2 Å². The fraction of sp³-hybridized carbons (Fsp3) is 0.125. The summed E-state index contributed by atoms with van der Waals surface area (Å²) in [5.74, 6) is -2.11. The molecule has 2 N–H and O–H groups in total. The molecule has 0 saturated heterocycles.